The summed E-state index contributed by atoms with van der Waals surface area (Å²) in [5.41, 5.74) is 0.175. The Balaban J connectivity index is 1.58. The van der Waals surface area contributed by atoms with Gasteiger partial charge in [0.1, 0.15) is 0 Å². The number of carbonyl (C=O) groups excluding carboxylic acids is 1. The molecule has 3 fully saturated rings. The molecule has 0 aromatic heterocycles. The fourth-order valence-electron chi connectivity index (χ4n) is 3.63. The van der Waals surface area contributed by atoms with Crippen LogP contribution in [0, 0.1) is 5.92 Å². The number of hydrogen-bond donors (Lipinski definition) is 0. The van der Waals surface area contributed by atoms with E-state index in [1.807, 2.05) is 0 Å². The van der Waals surface area contributed by atoms with Gasteiger partial charge < -0.3 is 14.5 Å². The van der Waals surface area contributed by atoms with Gasteiger partial charge >= 0.3 is 0 Å². The Hall–Kier alpha value is -0.650. The zero-order valence-corrected chi connectivity index (χ0v) is 13.5. The zero-order valence-electron chi connectivity index (χ0n) is 13.5. The van der Waals surface area contributed by atoms with Crippen molar-refractivity contribution in [1.82, 2.24) is 14.7 Å². The van der Waals surface area contributed by atoms with Crippen molar-refractivity contribution in [1.29, 1.82) is 0 Å². The summed E-state index contributed by atoms with van der Waals surface area (Å²) in [5.74, 6) is 0.757. The molecule has 2 heterocycles. The minimum absolute atomic E-state index is 0.175. The number of nitrogens with zero attached hydrogens (tertiary/aromatic N) is 3. The van der Waals surface area contributed by atoms with E-state index >= 15 is 0 Å². The van der Waals surface area contributed by atoms with Gasteiger partial charge in [0, 0.05) is 44.2 Å². The highest BCUT2D eigenvalue weighted by molar-refractivity contribution is 5.81. The standard InChI is InChI=1S/C16H29N3O2/c1-17(2)9-10-19-11-12-21-13-16(19)5-7-18(8-6-16)15(20)14-3-4-14/h14H,3-13H2,1-2H3. The summed E-state index contributed by atoms with van der Waals surface area (Å²) in [4.78, 5) is 19.2. The predicted octanol–water partition coefficient (Wildman–Crippen LogP) is 0.651. The molecule has 1 amide bonds. The van der Waals surface area contributed by atoms with Crippen LogP contribution in [-0.4, -0.2) is 86.2 Å². The van der Waals surface area contributed by atoms with Gasteiger partial charge in [-0.15, -0.1) is 0 Å². The van der Waals surface area contributed by atoms with E-state index in [2.05, 4.69) is 28.8 Å². The molecule has 0 radical (unpaired) electrons. The summed E-state index contributed by atoms with van der Waals surface area (Å²) in [6.45, 7) is 6.74. The van der Waals surface area contributed by atoms with Gasteiger partial charge in [-0.1, -0.05) is 0 Å². The molecule has 5 nitrogen and oxygen atoms in total. The Bertz CT molecular complexity index is 374. The van der Waals surface area contributed by atoms with E-state index in [9.17, 15) is 4.79 Å². The Morgan fingerprint density at radius 2 is 1.95 bits per heavy atom. The molecule has 5 heteroatoms. The minimum atomic E-state index is 0.175. The van der Waals surface area contributed by atoms with Crippen LogP contribution >= 0.6 is 0 Å². The van der Waals surface area contributed by atoms with E-state index in [1.165, 1.54) is 0 Å². The number of amides is 1. The number of likely N-dealkylation sites (N-methyl/N-ethyl adjacent to an activating group) is 1. The Morgan fingerprint density at radius 1 is 1.24 bits per heavy atom. The normalized spacial score (nSPS) is 26.5. The van der Waals surface area contributed by atoms with Gasteiger partial charge in [0.25, 0.3) is 0 Å². The highest BCUT2D eigenvalue weighted by Gasteiger charge is 2.44. The Labute approximate surface area is 128 Å². The molecule has 2 saturated heterocycles. The minimum Gasteiger partial charge on any atom is -0.378 e. The average Bonchev–Trinajstić information content (AvgIpc) is 3.31. The first-order chi connectivity index (χ1) is 10.1. The highest BCUT2D eigenvalue weighted by Crippen LogP contribution is 2.35. The molecular weight excluding hydrogens is 266 g/mol. The largest absolute Gasteiger partial charge is 0.378 e. The average molecular weight is 295 g/mol. The van der Waals surface area contributed by atoms with Crippen molar-refractivity contribution in [2.45, 2.75) is 31.2 Å². The molecule has 0 aromatic carbocycles. The van der Waals surface area contributed by atoms with Crippen LogP contribution in [0.3, 0.4) is 0 Å². The maximum absolute atomic E-state index is 12.2. The first-order valence-corrected chi connectivity index (χ1v) is 8.37. The lowest BCUT2D eigenvalue weighted by atomic mass is 9.85. The van der Waals surface area contributed by atoms with Crippen molar-refractivity contribution in [2.75, 3.05) is 60.0 Å². The fraction of sp³-hybridized carbons (Fsp3) is 0.938. The first-order valence-electron chi connectivity index (χ1n) is 8.37. The van der Waals surface area contributed by atoms with Crippen molar-refractivity contribution in [3.63, 3.8) is 0 Å². The number of piperidine rings is 1. The SMILES string of the molecule is CN(C)CCN1CCOCC12CCN(C(=O)C1CC1)CC2. The molecule has 3 aliphatic rings. The summed E-state index contributed by atoms with van der Waals surface area (Å²) in [7, 11) is 4.26. The van der Waals surface area contributed by atoms with E-state index in [1.54, 1.807) is 0 Å². The van der Waals surface area contributed by atoms with Gasteiger partial charge in [0.2, 0.25) is 5.91 Å². The molecular formula is C16H29N3O2. The smallest absolute Gasteiger partial charge is 0.225 e. The van der Waals surface area contributed by atoms with Gasteiger partial charge in [0.15, 0.2) is 0 Å². The third-order valence-electron chi connectivity index (χ3n) is 5.30. The molecule has 0 N–H and O–H groups in total. The molecule has 0 bridgehead atoms. The number of carbonyl (C=O) groups is 1. The van der Waals surface area contributed by atoms with Gasteiger partial charge in [-0.2, -0.15) is 0 Å². The highest BCUT2D eigenvalue weighted by atomic mass is 16.5. The Morgan fingerprint density at radius 3 is 2.57 bits per heavy atom. The second kappa shape index (κ2) is 6.23. The number of hydrogen-bond acceptors (Lipinski definition) is 4. The number of likely N-dealkylation sites (tertiary alicyclic amines) is 1. The third kappa shape index (κ3) is 3.41. The maximum Gasteiger partial charge on any atom is 0.225 e. The first kappa shape index (κ1) is 15.3. The van der Waals surface area contributed by atoms with Crippen molar-refractivity contribution in [3.05, 3.63) is 0 Å². The van der Waals surface area contributed by atoms with Crippen molar-refractivity contribution < 1.29 is 9.53 Å². The van der Waals surface area contributed by atoms with E-state index < -0.39 is 0 Å². The molecule has 0 unspecified atom stereocenters. The van der Waals surface area contributed by atoms with Crippen molar-refractivity contribution in [3.8, 4) is 0 Å². The van der Waals surface area contributed by atoms with Crippen LogP contribution in [0.15, 0.2) is 0 Å². The number of ether oxygens (including phenoxy) is 1. The van der Waals surface area contributed by atoms with Crippen LogP contribution in [0.5, 0.6) is 0 Å². The second-order valence-electron chi connectivity index (χ2n) is 7.17. The van der Waals surface area contributed by atoms with Crippen LogP contribution in [0.4, 0.5) is 0 Å². The van der Waals surface area contributed by atoms with Gasteiger partial charge in [-0.05, 0) is 39.8 Å². The van der Waals surface area contributed by atoms with Gasteiger partial charge in [0.05, 0.1) is 13.2 Å². The Kier molecular flexibility index (Phi) is 4.52. The quantitative estimate of drug-likeness (QED) is 0.763. The maximum atomic E-state index is 12.2. The fourth-order valence-corrected chi connectivity index (χ4v) is 3.63. The van der Waals surface area contributed by atoms with Gasteiger partial charge in [-0.3, -0.25) is 9.69 Å². The molecule has 1 aliphatic carbocycles. The van der Waals surface area contributed by atoms with E-state index in [0.29, 0.717) is 11.8 Å². The van der Waals surface area contributed by atoms with Crippen LogP contribution in [0.1, 0.15) is 25.7 Å². The predicted molar refractivity (Wildman–Crippen MR) is 82.2 cm³/mol. The third-order valence-corrected chi connectivity index (χ3v) is 5.30. The van der Waals surface area contributed by atoms with E-state index in [4.69, 9.17) is 4.74 Å². The molecule has 3 rings (SSSR count). The zero-order chi connectivity index (χ0) is 14.9. The summed E-state index contributed by atoms with van der Waals surface area (Å²) in [6, 6.07) is 0. The molecule has 1 spiro atoms. The topological polar surface area (TPSA) is 36.0 Å². The van der Waals surface area contributed by atoms with Crippen LogP contribution in [-0.2, 0) is 9.53 Å². The lowest BCUT2D eigenvalue weighted by Crippen LogP contribution is -2.62. The van der Waals surface area contributed by atoms with Crippen molar-refractivity contribution >= 4 is 5.91 Å². The monoisotopic (exact) mass is 295 g/mol. The van der Waals surface area contributed by atoms with Crippen LogP contribution < -0.4 is 0 Å². The second-order valence-corrected chi connectivity index (χ2v) is 7.17. The van der Waals surface area contributed by atoms with E-state index in [0.717, 1.165) is 71.6 Å². The number of morpholine rings is 1. The van der Waals surface area contributed by atoms with Crippen LogP contribution in [0.2, 0.25) is 0 Å². The van der Waals surface area contributed by atoms with Crippen molar-refractivity contribution in [2.24, 2.45) is 5.92 Å². The summed E-state index contributed by atoms with van der Waals surface area (Å²) >= 11 is 0. The molecule has 120 valence electrons. The molecule has 1 saturated carbocycles. The number of rotatable bonds is 4. The lowest BCUT2D eigenvalue weighted by molar-refractivity contribution is -0.139. The van der Waals surface area contributed by atoms with Crippen LogP contribution in [0.25, 0.3) is 0 Å². The van der Waals surface area contributed by atoms with E-state index in [-0.39, 0.29) is 5.54 Å². The molecule has 0 atom stereocenters. The molecule has 2 aliphatic heterocycles. The molecule has 21 heavy (non-hydrogen) atoms. The van der Waals surface area contributed by atoms with Gasteiger partial charge in [-0.25, -0.2) is 0 Å². The molecule has 0 aromatic rings. The lowest BCUT2D eigenvalue weighted by Gasteiger charge is -2.51. The summed E-state index contributed by atoms with van der Waals surface area (Å²) in [6.07, 6.45) is 4.36. The summed E-state index contributed by atoms with van der Waals surface area (Å²) < 4.78 is 5.80. The summed E-state index contributed by atoms with van der Waals surface area (Å²) in [5, 5.41) is 0.